The summed E-state index contributed by atoms with van der Waals surface area (Å²) in [6.07, 6.45) is 1.47. The highest BCUT2D eigenvalue weighted by Crippen LogP contribution is 2.31. The molecule has 0 aliphatic carbocycles. The number of nitrogens with zero attached hydrogens (tertiary/aromatic N) is 2. The zero-order valence-electron chi connectivity index (χ0n) is 26.4. The lowest BCUT2D eigenvalue weighted by atomic mass is 10.1. The summed E-state index contributed by atoms with van der Waals surface area (Å²) >= 11 is 6.09. The lowest BCUT2D eigenvalue weighted by Crippen LogP contribution is -2.33. The minimum atomic E-state index is -4.11. The lowest BCUT2D eigenvalue weighted by Gasteiger charge is -2.26. The van der Waals surface area contributed by atoms with Crippen molar-refractivity contribution in [3.8, 4) is 17.2 Å². The van der Waals surface area contributed by atoms with E-state index in [1.807, 2.05) is 55.5 Å². The van der Waals surface area contributed by atoms with Gasteiger partial charge in [-0.25, -0.2) is 13.8 Å². The number of rotatable bonds is 14. The van der Waals surface area contributed by atoms with E-state index in [2.05, 4.69) is 10.5 Å². The molecule has 0 atom stereocenters. The van der Waals surface area contributed by atoms with Crippen LogP contribution < -0.4 is 23.9 Å². The van der Waals surface area contributed by atoms with Gasteiger partial charge in [-0.3, -0.25) is 9.10 Å². The topological polar surface area (TPSA) is 107 Å². The van der Waals surface area contributed by atoms with Gasteiger partial charge in [-0.15, -0.1) is 0 Å². The number of nitrogens with one attached hydrogen (secondary N) is 1. The van der Waals surface area contributed by atoms with E-state index < -0.39 is 15.9 Å². The molecule has 5 aromatic carbocycles. The van der Waals surface area contributed by atoms with Crippen molar-refractivity contribution >= 4 is 39.4 Å². The van der Waals surface area contributed by atoms with Crippen molar-refractivity contribution < 1.29 is 27.4 Å². The molecule has 0 unspecified atom stereocenters. The fourth-order valence-corrected chi connectivity index (χ4v) is 6.50. The van der Waals surface area contributed by atoms with Crippen molar-refractivity contribution in [1.82, 2.24) is 5.43 Å². The third-order valence-electron chi connectivity index (χ3n) is 7.16. The number of carbonyl (C=O) groups is 1. The van der Waals surface area contributed by atoms with Gasteiger partial charge in [0.15, 0.2) is 11.5 Å². The summed E-state index contributed by atoms with van der Waals surface area (Å²) in [4.78, 5) is 13.6. The number of carbonyl (C=O) groups excluding carboxylic acids is 1. The molecule has 0 spiro atoms. The number of ether oxygens (including phenoxy) is 3. The Balaban J connectivity index is 1.37. The second-order valence-electron chi connectivity index (χ2n) is 10.4. The van der Waals surface area contributed by atoms with Gasteiger partial charge in [0.2, 0.25) is 0 Å². The minimum Gasteiger partial charge on any atom is -0.497 e. The first-order valence-electron chi connectivity index (χ1n) is 15.1. The van der Waals surface area contributed by atoms with Gasteiger partial charge in [-0.2, -0.15) is 5.10 Å². The van der Waals surface area contributed by atoms with Crippen LogP contribution in [0.25, 0.3) is 0 Å². The van der Waals surface area contributed by atoms with E-state index in [0.717, 1.165) is 11.1 Å². The van der Waals surface area contributed by atoms with E-state index in [-0.39, 0.29) is 22.7 Å². The number of hydrogen-bond acceptors (Lipinski definition) is 7. The Hall–Kier alpha value is -5.32. The van der Waals surface area contributed by atoms with Crippen molar-refractivity contribution in [2.45, 2.75) is 25.0 Å². The quantitative estimate of drug-likeness (QED) is 0.0961. The number of methoxy groups -OCH3 is 1. The third-order valence-corrected chi connectivity index (χ3v) is 9.17. The van der Waals surface area contributed by atoms with Crippen molar-refractivity contribution in [2.24, 2.45) is 5.10 Å². The summed E-state index contributed by atoms with van der Waals surface area (Å²) in [5.74, 6) is 0.995. The summed E-state index contributed by atoms with van der Waals surface area (Å²) in [6, 6.07) is 34.5. The highest BCUT2D eigenvalue weighted by Gasteiger charge is 2.28. The first kappa shape index (κ1) is 34.0. The molecule has 5 aromatic rings. The number of benzene rings is 5. The number of hydrazone groups is 1. The van der Waals surface area contributed by atoms with Gasteiger partial charge in [0.1, 0.15) is 12.4 Å². The molecule has 0 heterocycles. The van der Waals surface area contributed by atoms with Crippen LogP contribution >= 0.6 is 11.6 Å². The summed E-state index contributed by atoms with van der Waals surface area (Å²) in [5, 5.41) is 4.78. The summed E-state index contributed by atoms with van der Waals surface area (Å²) in [5.41, 5.74) is 5.17. The molecule has 48 heavy (non-hydrogen) atoms. The van der Waals surface area contributed by atoms with E-state index >= 15 is 0 Å². The molecule has 5 rings (SSSR count). The van der Waals surface area contributed by atoms with Crippen LogP contribution in [0.4, 0.5) is 5.69 Å². The molecule has 0 saturated carbocycles. The normalized spacial score (nSPS) is 11.2. The zero-order chi connectivity index (χ0) is 33.9. The number of hydrogen-bond donors (Lipinski definition) is 1. The van der Waals surface area contributed by atoms with Crippen LogP contribution in [0.5, 0.6) is 17.2 Å². The molecule has 11 heteroatoms. The van der Waals surface area contributed by atoms with Gasteiger partial charge < -0.3 is 14.2 Å². The highest BCUT2D eigenvalue weighted by atomic mass is 35.5. The van der Waals surface area contributed by atoms with Crippen LogP contribution in [0.15, 0.2) is 131 Å². The Morgan fingerprint density at radius 3 is 2.29 bits per heavy atom. The maximum absolute atomic E-state index is 14.1. The van der Waals surface area contributed by atoms with Crippen LogP contribution in [-0.2, 0) is 23.2 Å². The first-order chi connectivity index (χ1) is 23.3. The summed E-state index contributed by atoms with van der Waals surface area (Å²) in [7, 11) is -2.60. The molecule has 1 N–H and O–H groups in total. The molecule has 0 aliphatic heterocycles. The monoisotopic (exact) mass is 683 g/mol. The second-order valence-corrected chi connectivity index (χ2v) is 12.7. The summed E-state index contributed by atoms with van der Waals surface area (Å²) in [6.45, 7) is 2.59. The van der Waals surface area contributed by atoms with Crippen molar-refractivity contribution in [1.29, 1.82) is 0 Å². The van der Waals surface area contributed by atoms with Gasteiger partial charge in [-0.05, 0) is 90.3 Å². The van der Waals surface area contributed by atoms with E-state index in [4.69, 9.17) is 25.8 Å². The molecule has 0 aliphatic rings. The molecular weight excluding hydrogens is 650 g/mol. The Kier molecular flexibility index (Phi) is 11.3. The van der Waals surface area contributed by atoms with Crippen molar-refractivity contribution in [3.63, 3.8) is 0 Å². The van der Waals surface area contributed by atoms with Crippen LogP contribution in [-0.4, -0.2) is 34.3 Å². The minimum absolute atomic E-state index is 0.00526. The standard InChI is InChI=1S/C37H34ClN3O6S/c1-3-46-36-23-28(16-21-35(36)47-26-29-12-9-13-30(38)22-29)24-39-40-37(42)33-14-7-8-15-34(33)41(25-27-10-5-4-6-11-27)48(43,44)32-19-17-31(45-2)18-20-32/h4-24H,3,25-26H2,1-2H3,(H,40,42)/b39-24-. The van der Waals surface area contributed by atoms with Crippen molar-refractivity contribution in [2.75, 3.05) is 18.0 Å². The number of anilines is 1. The van der Waals surface area contributed by atoms with Gasteiger partial charge in [0.05, 0.1) is 42.6 Å². The first-order valence-corrected chi connectivity index (χ1v) is 16.9. The smallest absolute Gasteiger partial charge is 0.273 e. The molecule has 0 bridgehead atoms. The van der Waals surface area contributed by atoms with E-state index in [9.17, 15) is 13.2 Å². The van der Waals surface area contributed by atoms with Crippen LogP contribution in [0.2, 0.25) is 5.02 Å². The van der Waals surface area contributed by atoms with Crippen LogP contribution in [0.3, 0.4) is 0 Å². The predicted octanol–water partition coefficient (Wildman–Crippen LogP) is 7.49. The SMILES string of the molecule is CCOc1cc(/C=N\NC(=O)c2ccccc2N(Cc2ccccc2)S(=O)(=O)c2ccc(OC)cc2)ccc1OCc1cccc(Cl)c1. The molecule has 0 saturated heterocycles. The zero-order valence-corrected chi connectivity index (χ0v) is 27.9. The Labute approximate surface area is 285 Å². The van der Waals surface area contributed by atoms with Crippen molar-refractivity contribution in [3.05, 3.63) is 149 Å². The van der Waals surface area contributed by atoms with E-state index in [1.165, 1.54) is 29.8 Å². The average molecular weight is 684 g/mol. The van der Waals surface area contributed by atoms with Crippen LogP contribution in [0, 0.1) is 0 Å². The fraction of sp³-hybridized carbons (Fsp3) is 0.135. The van der Waals surface area contributed by atoms with Gasteiger partial charge in [0, 0.05) is 5.02 Å². The largest absolute Gasteiger partial charge is 0.497 e. The number of amides is 1. The fourth-order valence-electron chi connectivity index (χ4n) is 4.81. The maximum Gasteiger partial charge on any atom is 0.273 e. The third kappa shape index (κ3) is 8.52. The number of halogens is 1. The van der Waals surface area contributed by atoms with Gasteiger partial charge in [0.25, 0.3) is 15.9 Å². The average Bonchev–Trinajstić information content (AvgIpc) is 3.11. The molecule has 0 radical (unpaired) electrons. The Bertz CT molecular complexity index is 1990. The molecule has 1 amide bonds. The molecule has 246 valence electrons. The predicted molar refractivity (Wildman–Crippen MR) is 188 cm³/mol. The number of sulfonamides is 1. The lowest BCUT2D eigenvalue weighted by molar-refractivity contribution is 0.0955. The van der Waals surface area contributed by atoms with Gasteiger partial charge >= 0.3 is 0 Å². The summed E-state index contributed by atoms with van der Waals surface area (Å²) < 4.78 is 46.3. The Morgan fingerprint density at radius 1 is 0.833 bits per heavy atom. The molecular formula is C37H34ClN3O6S. The maximum atomic E-state index is 14.1. The second kappa shape index (κ2) is 16.0. The Morgan fingerprint density at radius 2 is 1.56 bits per heavy atom. The van der Waals surface area contributed by atoms with Gasteiger partial charge in [-0.1, -0.05) is 66.2 Å². The number of para-hydroxylation sites is 1. The molecule has 0 aromatic heterocycles. The highest BCUT2D eigenvalue weighted by molar-refractivity contribution is 7.92. The molecule has 9 nitrogen and oxygen atoms in total. The molecule has 0 fully saturated rings. The van der Waals surface area contributed by atoms with E-state index in [1.54, 1.807) is 60.7 Å². The van der Waals surface area contributed by atoms with Crippen LogP contribution in [0.1, 0.15) is 34.0 Å². The van der Waals surface area contributed by atoms with E-state index in [0.29, 0.717) is 41.0 Å².